The number of rotatable bonds is 8. The first-order valence-electron chi connectivity index (χ1n) is 5.77. The molecule has 4 nitrogen and oxygen atoms in total. The number of halogens is 7. The Labute approximate surface area is 141 Å². The van der Waals surface area contributed by atoms with Crippen LogP contribution in [0.15, 0.2) is 0 Å². The molecule has 0 bridgehead atoms. The van der Waals surface area contributed by atoms with Crippen molar-refractivity contribution in [1.29, 1.82) is 0 Å². The predicted octanol–water partition coefficient (Wildman–Crippen LogP) is 4.23. The Balaban J connectivity index is 0. The van der Waals surface area contributed by atoms with Gasteiger partial charge < -0.3 is 5.73 Å². The molecule has 0 radical (unpaired) electrons. The van der Waals surface area contributed by atoms with Gasteiger partial charge in [0, 0.05) is 15.7 Å². The minimum absolute atomic E-state index is 0.416. The third kappa shape index (κ3) is 10.9. The second-order valence-electron chi connectivity index (χ2n) is 4.11. The zero-order chi connectivity index (χ0) is 18.9. The van der Waals surface area contributed by atoms with E-state index in [9.17, 15) is 31.1 Å². The molecule has 0 heterocycles. The molecule has 0 aliphatic rings. The van der Waals surface area contributed by atoms with Crippen molar-refractivity contribution in [2.75, 3.05) is 12.0 Å². The van der Waals surface area contributed by atoms with Crippen LogP contribution < -0.4 is 5.73 Å². The van der Waals surface area contributed by atoms with E-state index in [2.05, 4.69) is 0 Å². The van der Waals surface area contributed by atoms with Gasteiger partial charge in [0.2, 0.25) is 5.91 Å². The fourth-order valence-electron chi connectivity index (χ4n) is 1.33. The van der Waals surface area contributed by atoms with Crippen LogP contribution in [0.5, 0.6) is 0 Å². The van der Waals surface area contributed by atoms with Crippen LogP contribution in [-0.2, 0) is 4.79 Å². The summed E-state index contributed by atoms with van der Waals surface area (Å²) in [4.78, 5) is 25.2. The Kier molecular flexibility index (Phi) is 11.4. The molecular weight excluding hydrogens is 396 g/mol. The number of hydrogen-bond acceptors (Lipinski definition) is 5. The van der Waals surface area contributed by atoms with Crippen molar-refractivity contribution < 1.29 is 31.1 Å². The molecular formula is C10H14ClF6NO3S2. The van der Waals surface area contributed by atoms with Gasteiger partial charge >= 0.3 is 12.4 Å². The van der Waals surface area contributed by atoms with Crippen LogP contribution in [0.4, 0.5) is 26.3 Å². The number of thioether (sulfide) groups is 2. The van der Waals surface area contributed by atoms with Crippen LogP contribution in [-0.4, -0.2) is 39.7 Å². The highest BCUT2D eigenvalue weighted by Gasteiger charge is 2.43. The van der Waals surface area contributed by atoms with Gasteiger partial charge in [-0.3, -0.25) is 4.79 Å². The molecule has 0 aromatic heterocycles. The van der Waals surface area contributed by atoms with E-state index in [4.69, 9.17) is 27.3 Å². The minimum Gasteiger partial charge on any atom is -0.367 e. The predicted molar refractivity (Wildman–Crippen MR) is 80.2 cm³/mol. The fourth-order valence-corrected chi connectivity index (χ4v) is 3.35. The first-order chi connectivity index (χ1) is 10.3. The number of nitrogens with two attached hydrogens (primary N) is 1. The highest BCUT2D eigenvalue weighted by Crippen LogP contribution is 2.40. The molecule has 0 fully saturated rings. The SMILES string of the molecule is CSC(CCC(Cl)(SCCC(F)(F)F)C(N)=O)C(F)(F)F.O=O. The van der Waals surface area contributed by atoms with Gasteiger partial charge in [-0.1, -0.05) is 11.6 Å². The van der Waals surface area contributed by atoms with Crippen molar-refractivity contribution in [3.8, 4) is 0 Å². The monoisotopic (exact) mass is 409 g/mol. The molecule has 2 unspecified atom stereocenters. The molecule has 0 aromatic carbocycles. The Morgan fingerprint density at radius 3 is 1.91 bits per heavy atom. The van der Waals surface area contributed by atoms with Crippen molar-refractivity contribution in [3.05, 3.63) is 9.93 Å². The standard InChI is InChI=1S/C10H14ClF6NOS2.O2/c1-20-6(10(15,16)17)2-3-8(11,7(18)19)21-5-4-9(12,13)14;1-2/h6H,2-5H2,1H3,(H2,18,19);. The van der Waals surface area contributed by atoms with E-state index in [0.717, 1.165) is 0 Å². The Morgan fingerprint density at radius 2 is 1.61 bits per heavy atom. The quantitative estimate of drug-likeness (QED) is 0.479. The summed E-state index contributed by atoms with van der Waals surface area (Å²) in [6.07, 6.45) is -9.84. The van der Waals surface area contributed by atoms with Crippen LogP contribution in [0, 0.1) is 9.93 Å². The molecule has 0 rings (SSSR count). The highest BCUT2D eigenvalue weighted by molar-refractivity contribution is 8.02. The van der Waals surface area contributed by atoms with Crippen molar-refractivity contribution in [2.24, 2.45) is 5.73 Å². The lowest BCUT2D eigenvalue weighted by atomic mass is 10.1. The third-order valence-electron chi connectivity index (χ3n) is 2.46. The van der Waals surface area contributed by atoms with E-state index < -0.39 is 52.7 Å². The first-order valence-corrected chi connectivity index (χ1v) is 8.42. The molecule has 0 saturated carbocycles. The number of primary amides is 1. The van der Waals surface area contributed by atoms with Gasteiger partial charge in [-0.15, -0.1) is 11.8 Å². The minimum atomic E-state index is -4.48. The van der Waals surface area contributed by atoms with Gasteiger partial charge in [-0.25, -0.2) is 0 Å². The zero-order valence-corrected chi connectivity index (χ0v) is 14.1. The Hall–Kier alpha value is -0.360. The molecule has 1 amide bonds. The van der Waals surface area contributed by atoms with E-state index in [1.165, 1.54) is 6.26 Å². The number of amides is 1. The smallest absolute Gasteiger partial charge is 0.367 e. The summed E-state index contributed by atoms with van der Waals surface area (Å²) in [5, 5.41) is -1.75. The van der Waals surface area contributed by atoms with E-state index in [1.807, 2.05) is 0 Å². The van der Waals surface area contributed by atoms with E-state index >= 15 is 0 Å². The lowest BCUT2D eigenvalue weighted by Gasteiger charge is -2.26. The average molecular weight is 410 g/mol. The van der Waals surface area contributed by atoms with Gasteiger partial charge in [-0.2, -0.15) is 38.1 Å². The van der Waals surface area contributed by atoms with Gasteiger partial charge in [0.05, 0.1) is 6.42 Å². The molecule has 2 N–H and O–H groups in total. The Morgan fingerprint density at radius 1 is 1.13 bits per heavy atom. The molecule has 13 heteroatoms. The van der Waals surface area contributed by atoms with E-state index in [-0.39, 0.29) is 0 Å². The van der Waals surface area contributed by atoms with Gasteiger partial charge in [0.15, 0.2) is 4.21 Å². The molecule has 0 spiro atoms. The maximum absolute atomic E-state index is 12.6. The van der Waals surface area contributed by atoms with Crippen molar-refractivity contribution >= 4 is 41.0 Å². The molecule has 0 aromatic rings. The summed E-state index contributed by atoms with van der Waals surface area (Å²) in [6.45, 7) is 0. The van der Waals surface area contributed by atoms with Crippen molar-refractivity contribution in [2.45, 2.75) is 41.1 Å². The number of carbonyl (C=O) groups excluding carboxylic acids is 1. The first kappa shape index (κ1) is 24.9. The zero-order valence-electron chi connectivity index (χ0n) is 11.7. The highest BCUT2D eigenvalue weighted by atomic mass is 35.5. The summed E-state index contributed by atoms with van der Waals surface area (Å²) in [7, 11) is 0. The van der Waals surface area contributed by atoms with Crippen LogP contribution >= 0.6 is 35.1 Å². The lowest BCUT2D eigenvalue weighted by molar-refractivity contribution is -0.131. The van der Waals surface area contributed by atoms with Crippen LogP contribution in [0.1, 0.15) is 19.3 Å². The van der Waals surface area contributed by atoms with Crippen LogP contribution in [0.25, 0.3) is 0 Å². The topological polar surface area (TPSA) is 77.2 Å². The summed E-state index contributed by atoms with van der Waals surface area (Å²) in [5.41, 5.74) is 5.00. The lowest BCUT2D eigenvalue weighted by Crippen LogP contribution is -2.38. The maximum Gasteiger partial charge on any atom is 0.400 e. The number of carbonyl (C=O) groups is 1. The maximum atomic E-state index is 12.6. The fraction of sp³-hybridized carbons (Fsp3) is 0.900. The molecule has 0 aliphatic heterocycles. The largest absolute Gasteiger partial charge is 0.400 e. The second kappa shape index (κ2) is 10.5. The number of alkyl halides is 7. The summed E-state index contributed by atoms with van der Waals surface area (Å²) in [6, 6.07) is 0. The summed E-state index contributed by atoms with van der Waals surface area (Å²) in [5.74, 6) is -1.69. The van der Waals surface area contributed by atoms with E-state index in [0.29, 0.717) is 23.5 Å². The van der Waals surface area contributed by atoms with Crippen LogP contribution in [0.3, 0.4) is 0 Å². The third-order valence-corrected chi connectivity index (χ3v) is 5.51. The average Bonchev–Trinajstić information content (AvgIpc) is 2.38. The second-order valence-corrected chi connectivity index (χ2v) is 7.41. The number of hydrogen-bond donors (Lipinski definition) is 1. The summed E-state index contributed by atoms with van der Waals surface area (Å²) >= 11 is 6.75. The molecule has 23 heavy (non-hydrogen) atoms. The van der Waals surface area contributed by atoms with Crippen LogP contribution in [0.2, 0.25) is 0 Å². The van der Waals surface area contributed by atoms with Gasteiger partial charge in [0.25, 0.3) is 0 Å². The van der Waals surface area contributed by atoms with Gasteiger partial charge in [0.1, 0.15) is 5.25 Å². The van der Waals surface area contributed by atoms with E-state index in [1.54, 1.807) is 0 Å². The summed E-state index contributed by atoms with van der Waals surface area (Å²) < 4.78 is 71.8. The van der Waals surface area contributed by atoms with Crippen molar-refractivity contribution in [3.63, 3.8) is 0 Å². The normalized spacial score (nSPS) is 16.0. The molecule has 2 atom stereocenters. The molecule has 0 aliphatic carbocycles. The Bertz CT molecular complexity index is 371. The van der Waals surface area contributed by atoms with Gasteiger partial charge in [-0.05, 0) is 19.1 Å². The van der Waals surface area contributed by atoms with Crippen molar-refractivity contribution in [1.82, 2.24) is 0 Å². The molecule has 0 saturated heterocycles. The molecule has 138 valence electrons.